The van der Waals surface area contributed by atoms with Gasteiger partial charge < -0.3 is 9.47 Å². The molecule has 0 radical (unpaired) electrons. The summed E-state index contributed by atoms with van der Waals surface area (Å²) in [5, 5.41) is 0. The van der Waals surface area contributed by atoms with E-state index in [0.29, 0.717) is 42.2 Å². The van der Waals surface area contributed by atoms with E-state index >= 15 is 0 Å². The SMILES string of the molecule is C/C=C/C1CCC(c2ccc(-c3ccc(-c4ccc(OCCC)c(F)c4F)cc3)c(F)c2)OC1. The number of rotatable bonds is 7. The minimum absolute atomic E-state index is 0.0961. The maximum Gasteiger partial charge on any atom is 0.201 e. The van der Waals surface area contributed by atoms with Gasteiger partial charge in [0, 0.05) is 17.0 Å². The highest BCUT2D eigenvalue weighted by Crippen LogP contribution is 2.35. The van der Waals surface area contributed by atoms with Gasteiger partial charge in [0.1, 0.15) is 5.82 Å². The van der Waals surface area contributed by atoms with Crippen LogP contribution in [-0.4, -0.2) is 13.2 Å². The van der Waals surface area contributed by atoms with Crippen LogP contribution in [0.2, 0.25) is 0 Å². The van der Waals surface area contributed by atoms with Crippen LogP contribution in [0.4, 0.5) is 13.2 Å². The second-order valence-electron chi connectivity index (χ2n) is 8.59. The second-order valence-corrected chi connectivity index (χ2v) is 8.59. The zero-order chi connectivity index (χ0) is 24.1. The van der Waals surface area contributed by atoms with Gasteiger partial charge in [-0.15, -0.1) is 0 Å². The van der Waals surface area contributed by atoms with Crippen molar-refractivity contribution in [2.75, 3.05) is 13.2 Å². The maximum absolute atomic E-state index is 15.0. The fraction of sp³-hybridized carbons (Fsp3) is 0.310. The van der Waals surface area contributed by atoms with Gasteiger partial charge in [-0.25, -0.2) is 8.78 Å². The van der Waals surface area contributed by atoms with Gasteiger partial charge in [-0.3, -0.25) is 0 Å². The van der Waals surface area contributed by atoms with Gasteiger partial charge in [0.2, 0.25) is 5.82 Å². The summed E-state index contributed by atoms with van der Waals surface area (Å²) in [5.41, 5.74) is 2.58. The number of hydrogen-bond donors (Lipinski definition) is 0. The molecule has 1 heterocycles. The Labute approximate surface area is 199 Å². The van der Waals surface area contributed by atoms with Crippen molar-refractivity contribution in [2.45, 2.75) is 39.2 Å². The van der Waals surface area contributed by atoms with E-state index in [4.69, 9.17) is 9.47 Å². The van der Waals surface area contributed by atoms with Crippen molar-refractivity contribution in [2.24, 2.45) is 5.92 Å². The molecule has 4 rings (SSSR count). The summed E-state index contributed by atoms with van der Waals surface area (Å²) in [5.74, 6) is -1.97. The molecule has 0 N–H and O–H groups in total. The second kappa shape index (κ2) is 10.9. The fourth-order valence-corrected chi connectivity index (χ4v) is 4.33. The van der Waals surface area contributed by atoms with Crippen molar-refractivity contribution in [3.05, 3.63) is 89.8 Å². The molecular formula is C29H29F3O2. The summed E-state index contributed by atoms with van der Waals surface area (Å²) in [6.07, 6.45) is 6.66. The van der Waals surface area contributed by atoms with Crippen LogP contribution in [0.1, 0.15) is 44.8 Å². The normalized spacial score (nSPS) is 18.4. The van der Waals surface area contributed by atoms with Crippen molar-refractivity contribution in [3.8, 4) is 28.0 Å². The molecule has 0 spiro atoms. The lowest BCUT2D eigenvalue weighted by molar-refractivity contribution is -0.00538. The summed E-state index contributed by atoms with van der Waals surface area (Å²) < 4.78 is 55.2. The first-order valence-electron chi connectivity index (χ1n) is 11.8. The predicted molar refractivity (Wildman–Crippen MR) is 129 cm³/mol. The Balaban J connectivity index is 1.51. The third-order valence-electron chi connectivity index (χ3n) is 6.16. The number of ether oxygens (including phenoxy) is 2. The van der Waals surface area contributed by atoms with Crippen molar-refractivity contribution in [1.29, 1.82) is 0 Å². The monoisotopic (exact) mass is 466 g/mol. The fourth-order valence-electron chi connectivity index (χ4n) is 4.33. The average Bonchev–Trinajstić information content (AvgIpc) is 2.86. The highest BCUT2D eigenvalue weighted by molar-refractivity contribution is 5.71. The Morgan fingerprint density at radius 3 is 2.24 bits per heavy atom. The van der Waals surface area contributed by atoms with Crippen molar-refractivity contribution >= 4 is 0 Å². The molecule has 0 bridgehead atoms. The van der Waals surface area contributed by atoms with Gasteiger partial charge in [0.15, 0.2) is 11.6 Å². The molecule has 2 atom stereocenters. The third kappa shape index (κ3) is 5.20. The van der Waals surface area contributed by atoms with Crippen LogP contribution in [-0.2, 0) is 4.74 Å². The van der Waals surface area contributed by atoms with Crippen LogP contribution in [0.5, 0.6) is 5.75 Å². The average molecular weight is 467 g/mol. The van der Waals surface area contributed by atoms with Crippen molar-refractivity contribution in [1.82, 2.24) is 0 Å². The van der Waals surface area contributed by atoms with Crippen LogP contribution in [0, 0.1) is 23.4 Å². The van der Waals surface area contributed by atoms with E-state index in [9.17, 15) is 13.2 Å². The summed E-state index contributed by atoms with van der Waals surface area (Å²) in [6.45, 7) is 4.85. The smallest absolute Gasteiger partial charge is 0.201 e. The number of benzene rings is 3. The van der Waals surface area contributed by atoms with Crippen LogP contribution in [0.3, 0.4) is 0 Å². The molecule has 2 nitrogen and oxygen atoms in total. The highest BCUT2D eigenvalue weighted by Gasteiger charge is 2.22. The zero-order valence-electron chi connectivity index (χ0n) is 19.5. The van der Waals surface area contributed by atoms with Gasteiger partial charge in [-0.05, 0) is 61.1 Å². The van der Waals surface area contributed by atoms with Crippen molar-refractivity contribution < 1.29 is 22.6 Å². The quantitative estimate of drug-likeness (QED) is 0.326. The van der Waals surface area contributed by atoms with E-state index in [1.807, 2.05) is 26.0 Å². The number of hydrogen-bond acceptors (Lipinski definition) is 2. The first-order valence-corrected chi connectivity index (χ1v) is 11.8. The van der Waals surface area contributed by atoms with Crippen LogP contribution >= 0.6 is 0 Å². The molecule has 178 valence electrons. The van der Waals surface area contributed by atoms with Gasteiger partial charge in [-0.1, -0.05) is 55.5 Å². The van der Waals surface area contributed by atoms with E-state index < -0.39 is 11.6 Å². The molecule has 34 heavy (non-hydrogen) atoms. The van der Waals surface area contributed by atoms with Gasteiger partial charge in [0.25, 0.3) is 0 Å². The minimum atomic E-state index is -1.00. The maximum atomic E-state index is 15.0. The lowest BCUT2D eigenvalue weighted by Crippen LogP contribution is -2.19. The molecule has 3 aromatic carbocycles. The van der Waals surface area contributed by atoms with E-state index in [-0.39, 0.29) is 23.2 Å². The topological polar surface area (TPSA) is 18.5 Å². The number of halogens is 3. The highest BCUT2D eigenvalue weighted by atomic mass is 19.2. The first kappa shape index (κ1) is 24.1. The molecule has 0 amide bonds. The molecule has 1 aliphatic rings. The van der Waals surface area contributed by atoms with Crippen LogP contribution in [0.25, 0.3) is 22.3 Å². The summed E-state index contributed by atoms with van der Waals surface area (Å²) >= 11 is 0. The standard InChI is InChI=1S/C29H29F3O2/c1-3-5-19-6-14-26(34-18-19)22-11-12-23(25(30)17-22)20-7-9-21(10-8-20)24-13-15-27(33-16-4-2)29(32)28(24)31/h3,5,7-13,15,17,19,26H,4,6,14,16,18H2,1-2H3/b5-3+. The lowest BCUT2D eigenvalue weighted by atomic mass is 9.93. The van der Waals surface area contributed by atoms with Crippen LogP contribution in [0.15, 0.2) is 66.7 Å². The summed E-state index contributed by atoms with van der Waals surface area (Å²) in [6, 6.07) is 14.9. The van der Waals surface area contributed by atoms with Gasteiger partial charge in [0.05, 0.1) is 19.3 Å². The Kier molecular flexibility index (Phi) is 7.73. The lowest BCUT2D eigenvalue weighted by Gasteiger charge is -2.28. The molecule has 0 aromatic heterocycles. The molecule has 2 unspecified atom stereocenters. The summed E-state index contributed by atoms with van der Waals surface area (Å²) in [7, 11) is 0. The minimum Gasteiger partial charge on any atom is -0.490 e. The molecule has 3 aromatic rings. The largest absolute Gasteiger partial charge is 0.490 e. The van der Waals surface area contributed by atoms with E-state index in [1.165, 1.54) is 18.2 Å². The number of allylic oxidation sites excluding steroid dienone is 1. The molecule has 1 saturated heterocycles. The molecule has 5 heteroatoms. The van der Waals surface area contributed by atoms with Crippen LogP contribution < -0.4 is 4.74 Å². The molecule has 1 fully saturated rings. The van der Waals surface area contributed by atoms with Gasteiger partial charge >= 0.3 is 0 Å². The Bertz CT molecular complexity index is 1150. The first-order chi connectivity index (χ1) is 16.5. The predicted octanol–water partition coefficient (Wildman–Crippen LogP) is 8.27. The summed E-state index contributed by atoms with van der Waals surface area (Å²) in [4.78, 5) is 0. The van der Waals surface area contributed by atoms with E-state index in [1.54, 1.807) is 30.3 Å². The Morgan fingerprint density at radius 2 is 1.62 bits per heavy atom. The molecule has 0 saturated carbocycles. The molecule has 0 aliphatic carbocycles. The van der Waals surface area contributed by atoms with Crippen molar-refractivity contribution in [3.63, 3.8) is 0 Å². The third-order valence-corrected chi connectivity index (χ3v) is 6.16. The van der Waals surface area contributed by atoms with Gasteiger partial charge in [-0.2, -0.15) is 4.39 Å². The zero-order valence-corrected chi connectivity index (χ0v) is 19.5. The molecule has 1 aliphatic heterocycles. The Morgan fingerprint density at radius 1 is 0.912 bits per heavy atom. The van der Waals surface area contributed by atoms with E-state index in [2.05, 4.69) is 6.08 Å². The molecular weight excluding hydrogens is 437 g/mol. The Hall–Kier alpha value is -3.05. The van der Waals surface area contributed by atoms with E-state index in [0.717, 1.165) is 18.4 Å².